The zero-order valence-corrected chi connectivity index (χ0v) is 35.2. The minimum Gasteiger partial charge on any atom is -0.462 e. The standard InChI is InChI=1S/C49H67NO3.ClH/c1-34(2)38-23-28-49(42(52)20-15-31-50(32-36-16-11-9-12-17-36)33-37-18-13-10-14-19-37)30-29-47(7)39(44(38)49)21-22-41-46(6)26-25-43(53-35(3)51)45(4,5)40(46)24-27-48(41,47)8;/h9-14,16-19,38-44,52H,1,21-33H2,2-8H3;1H/t38-,39+,40-,41+,42+,43-,44+,46-,47+,48+,49+;/m0./s1. The van der Waals surface area contributed by atoms with E-state index in [1.165, 1.54) is 42.4 Å². The van der Waals surface area contributed by atoms with Gasteiger partial charge in [-0.15, -0.1) is 12.4 Å². The Hall–Kier alpha value is -2.58. The SMILES string of the molecule is C=C(C)[C@@H]1CC[C@]2([C@H](O)C#CCN(Cc3ccccc3)Cc3ccccc3)CC[C@]3(C)[C@H](CC[C@@H]4[C@@]5(C)CC[C@H](OC(C)=O)C(C)(C)[C@@H]5CC[C@]43C)[C@@H]12.Cl. The molecule has 0 aromatic heterocycles. The number of nitrogens with zero attached hydrogens (tertiary/aromatic N) is 1. The van der Waals surface area contributed by atoms with E-state index in [9.17, 15) is 9.90 Å². The lowest BCUT2D eigenvalue weighted by Crippen LogP contribution is -2.67. The summed E-state index contributed by atoms with van der Waals surface area (Å²) in [6, 6.07) is 21.3. The molecule has 7 rings (SSSR count). The van der Waals surface area contributed by atoms with Crippen LogP contribution in [-0.4, -0.2) is 34.7 Å². The van der Waals surface area contributed by atoms with E-state index in [0.717, 1.165) is 51.6 Å². The molecule has 0 aliphatic heterocycles. The summed E-state index contributed by atoms with van der Waals surface area (Å²) in [7, 11) is 0. The predicted molar refractivity (Wildman–Crippen MR) is 223 cm³/mol. The Morgan fingerprint density at radius 2 is 1.44 bits per heavy atom. The van der Waals surface area contributed by atoms with Gasteiger partial charge in [-0.05, 0) is 128 Å². The molecule has 54 heavy (non-hydrogen) atoms. The zero-order valence-electron chi connectivity index (χ0n) is 34.3. The lowest BCUT2D eigenvalue weighted by molar-refractivity contribution is -0.253. The molecule has 4 nitrogen and oxygen atoms in total. The molecule has 2 aromatic rings. The molecule has 0 saturated heterocycles. The van der Waals surface area contributed by atoms with Gasteiger partial charge in [0.2, 0.25) is 0 Å². The second-order valence-electron chi connectivity index (χ2n) is 19.7. The molecule has 5 heteroatoms. The molecule has 0 bridgehead atoms. The van der Waals surface area contributed by atoms with Crippen molar-refractivity contribution in [3.63, 3.8) is 0 Å². The van der Waals surface area contributed by atoms with Crippen LogP contribution in [-0.2, 0) is 22.6 Å². The molecule has 11 atom stereocenters. The number of esters is 1. The van der Waals surface area contributed by atoms with E-state index in [2.05, 4.69) is 126 Å². The maximum absolute atomic E-state index is 12.4. The molecule has 0 heterocycles. The van der Waals surface area contributed by atoms with Crippen LogP contribution in [0.5, 0.6) is 0 Å². The molecule has 0 spiro atoms. The second-order valence-corrected chi connectivity index (χ2v) is 19.7. The lowest BCUT2D eigenvalue weighted by atomic mass is 9.32. The van der Waals surface area contributed by atoms with E-state index < -0.39 is 6.10 Å². The van der Waals surface area contributed by atoms with E-state index >= 15 is 0 Å². The molecule has 1 N–H and O–H groups in total. The Morgan fingerprint density at radius 3 is 2.04 bits per heavy atom. The quantitative estimate of drug-likeness (QED) is 0.166. The van der Waals surface area contributed by atoms with Crippen LogP contribution >= 0.6 is 12.4 Å². The van der Waals surface area contributed by atoms with Crippen molar-refractivity contribution in [3.05, 3.63) is 83.9 Å². The third kappa shape index (κ3) is 6.81. The van der Waals surface area contributed by atoms with Crippen LogP contribution in [0.1, 0.15) is 124 Å². The van der Waals surface area contributed by atoms with Crippen LogP contribution in [0.3, 0.4) is 0 Å². The summed E-state index contributed by atoms with van der Waals surface area (Å²) in [5.74, 6) is 9.51. The van der Waals surface area contributed by atoms with E-state index in [0.29, 0.717) is 36.1 Å². The highest BCUT2D eigenvalue weighted by atomic mass is 35.5. The summed E-state index contributed by atoms with van der Waals surface area (Å²) in [5, 5.41) is 12.4. The number of carbonyl (C=O) groups excluding carboxylic acids is 1. The van der Waals surface area contributed by atoms with Gasteiger partial charge in [-0.3, -0.25) is 9.69 Å². The van der Waals surface area contributed by atoms with Gasteiger partial charge < -0.3 is 9.84 Å². The first-order valence-corrected chi connectivity index (χ1v) is 20.9. The molecule has 294 valence electrons. The number of allylic oxidation sites excluding steroid dienone is 1. The first-order chi connectivity index (χ1) is 25.2. The molecule has 0 unspecified atom stereocenters. The Bertz CT molecular complexity index is 1670. The number of carbonyl (C=O) groups is 1. The molecule has 5 fully saturated rings. The summed E-state index contributed by atoms with van der Waals surface area (Å²) in [4.78, 5) is 14.5. The molecule has 0 radical (unpaired) electrons. The van der Waals surface area contributed by atoms with E-state index in [1.54, 1.807) is 6.92 Å². The number of aliphatic hydroxyl groups is 1. The molecule has 5 aliphatic carbocycles. The van der Waals surface area contributed by atoms with Crippen LogP contribution in [0.15, 0.2) is 72.8 Å². The van der Waals surface area contributed by atoms with E-state index in [1.807, 2.05) is 0 Å². The maximum Gasteiger partial charge on any atom is 0.302 e. The minimum atomic E-state index is -0.632. The van der Waals surface area contributed by atoms with Crippen molar-refractivity contribution in [2.75, 3.05) is 6.54 Å². The Balaban J connectivity index is 0.00000497. The van der Waals surface area contributed by atoms with Crippen LogP contribution < -0.4 is 0 Å². The van der Waals surface area contributed by atoms with Crippen molar-refractivity contribution < 1.29 is 14.6 Å². The van der Waals surface area contributed by atoms with Crippen LogP contribution in [0.2, 0.25) is 0 Å². The summed E-state index contributed by atoms with van der Waals surface area (Å²) in [6.07, 6.45) is 10.8. The fourth-order valence-corrected chi connectivity index (χ4v) is 14.3. The van der Waals surface area contributed by atoms with Gasteiger partial charge in [-0.25, -0.2) is 0 Å². The molecule has 2 aromatic carbocycles. The number of fused-ring (bicyclic) bond motifs is 7. The highest BCUT2D eigenvalue weighted by Gasteiger charge is 2.71. The highest BCUT2D eigenvalue weighted by Crippen LogP contribution is 2.78. The monoisotopic (exact) mass is 753 g/mol. The largest absolute Gasteiger partial charge is 0.462 e. The fourth-order valence-electron chi connectivity index (χ4n) is 14.3. The van der Waals surface area contributed by atoms with Crippen molar-refractivity contribution >= 4 is 18.4 Å². The summed E-state index contributed by atoms with van der Waals surface area (Å²) in [5.41, 5.74) is 4.30. The zero-order chi connectivity index (χ0) is 37.8. The van der Waals surface area contributed by atoms with Crippen molar-refractivity contribution in [1.29, 1.82) is 0 Å². The van der Waals surface area contributed by atoms with Gasteiger partial charge in [0.15, 0.2) is 0 Å². The predicted octanol–water partition coefficient (Wildman–Crippen LogP) is 11.1. The Labute approximate surface area is 333 Å². The number of halogens is 1. The smallest absolute Gasteiger partial charge is 0.302 e. The lowest BCUT2D eigenvalue weighted by Gasteiger charge is -2.73. The Morgan fingerprint density at radius 1 is 0.815 bits per heavy atom. The van der Waals surface area contributed by atoms with Crippen LogP contribution in [0, 0.1) is 68.5 Å². The molecule has 5 aliphatic rings. The van der Waals surface area contributed by atoms with Gasteiger partial charge in [-0.1, -0.05) is 119 Å². The van der Waals surface area contributed by atoms with Crippen molar-refractivity contribution in [3.8, 4) is 11.8 Å². The third-order valence-electron chi connectivity index (χ3n) is 17.0. The van der Waals surface area contributed by atoms with Gasteiger partial charge >= 0.3 is 5.97 Å². The summed E-state index contributed by atoms with van der Waals surface area (Å²) < 4.78 is 5.99. The van der Waals surface area contributed by atoms with E-state index in [4.69, 9.17) is 4.74 Å². The Kier molecular flexibility index (Phi) is 11.7. The summed E-state index contributed by atoms with van der Waals surface area (Å²) in [6.45, 7) is 23.4. The number of aliphatic hydroxyl groups excluding tert-OH is 1. The third-order valence-corrected chi connectivity index (χ3v) is 17.0. The normalized spacial score (nSPS) is 38.2. The summed E-state index contributed by atoms with van der Waals surface area (Å²) >= 11 is 0. The van der Waals surface area contributed by atoms with Gasteiger partial charge in [-0.2, -0.15) is 0 Å². The fraction of sp³-hybridized carbons (Fsp3) is 0.653. The number of rotatable bonds is 8. The number of ether oxygens (including phenoxy) is 1. The average Bonchev–Trinajstić information content (AvgIpc) is 3.52. The number of hydrogen-bond acceptors (Lipinski definition) is 4. The first-order valence-electron chi connectivity index (χ1n) is 20.9. The van der Waals surface area contributed by atoms with Gasteiger partial charge in [0.25, 0.3) is 0 Å². The topological polar surface area (TPSA) is 49.8 Å². The van der Waals surface area contributed by atoms with Crippen LogP contribution in [0.4, 0.5) is 0 Å². The maximum atomic E-state index is 12.4. The van der Waals surface area contributed by atoms with Crippen LogP contribution in [0.25, 0.3) is 0 Å². The minimum absolute atomic E-state index is 0. The van der Waals surface area contributed by atoms with Gasteiger partial charge in [0, 0.05) is 30.8 Å². The number of hydrogen-bond donors (Lipinski definition) is 1. The van der Waals surface area contributed by atoms with Crippen molar-refractivity contribution in [1.82, 2.24) is 4.90 Å². The second kappa shape index (κ2) is 15.4. The molecular formula is C49H68ClNO3. The van der Waals surface area contributed by atoms with Crippen molar-refractivity contribution in [2.45, 2.75) is 138 Å². The van der Waals surface area contributed by atoms with Crippen molar-refractivity contribution in [2.24, 2.45) is 56.7 Å². The van der Waals surface area contributed by atoms with E-state index in [-0.39, 0.29) is 51.6 Å². The molecular weight excluding hydrogens is 686 g/mol. The average molecular weight is 755 g/mol. The molecule has 0 amide bonds. The highest BCUT2D eigenvalue weighted by molar-refractivity contribution is 5.85. The first kappa shape index (κ1) is 41.1. The van der Waals surface area contributed by atoms with Gasteiger partial charge in [0.05, 0.1) is 6.54 Å². The molecule has 5 saturated carbocycles. The van der Waals surface area contributed by atoms with Gasteiger partial charge in [0.1, 0.15) is 12.2 Å². The number of benzene rings is 2.